The third-order valence-electron chi connectivity index (χ3n) is 4.63. The molecule has 2 atom stereocenters. The third kappa shape index (κ3) is 2.64. The van der Waals surface area contributed by atoms with Gasteiger partial charge < -0.3 is 5.73 Å². The van der Waals surface area contributed by atoms with Gasteiger partial charge in [0.15, 0.2) is 0 Å². The molecule has 1 aromatic heterocycles. The maximum absolute atomic E-state index is 11.6. The number of primary amides is 1. The second-order valence-electron chi connectivity index (χ2n) is 5.94. The highest BCUT2D eigenvalue weighted by Gasteiger charge is 2.32. The van der Waals surface area contributed by atoms with Gasteiger partial charge in [-0.15, -0.1) is 0 Å². The van der Waals surface area contributed by atoms with Gasteiger partial charge in [-0.25, -0.2) is 0 Å². The van der Waals surface area contributed by atoms with Gasteiger partial charge in [0.05, 0.1) is 11.7 Å². The zero-order valence-corrected chi connectivity index (χ0v) is 13.1. The number of rotatable bonds is 4. The van der Waals surface area contributed by atoms with Gasteiger partial charge in [0.25, 0.3) is 0 Å². The Balaban J connectivity index is 1.81. The molecule has 5 nitrogen and oxygen atoms in total. The van der Waals surface area contributed by atoms with E-state index in [0.29, 0.717) is 0 Å². The Labute approximate surface area is 130 Å². The fraction of sp³-hybridized carbons (Fsp3) is 0.412. The topological polar surface area (TPSA) is 64.2 Å². The van der Waals surface area contributed by atoms with Gasteiger partial charge >= 0.3 is 0 Å². The molecule has 1 aliphatic heterocycles. The van der Waals surface area contributed by atoms with Gasteiger partial charge in [0.1, 0.15) is 0 Å². The van der Waals surface area contributed by atoms with E-state index in [1.165, 1.54) is 5.56 Å². The second-order valence-corrected chi connectivity index (χ2v) is 5.94. The lowest BCUT2D eigenvalue weighted by atomic mass is 10.0. The summed E-state index contributed by atoms with van der Waals surface area (Å²) in [5.74, 6) is -0.212. The summed E-state index contributed by atoms with van der Waals surface area (Å²) in [5, 5.41) is 4.20. The molecule has 1 amide bonds. The molecule has 1 aliphatic rings. The fourth-order valence-corrected chi connectivity index (χ4v) is 3.34. The van der Waals surface area contributed by atoms with E-state index in [2.05, 4.69) is 41.2 Å². The van der Waals surface area contributed by atoms with Crippen molar-refractivity contribution < 1.29 is 4.79 Å². The molecular formula is C17H22N4O. The average Bonchev–Trinajstić information content (AvgIpc) is 3.15. The molecule has 3 rings (SSSR count). The Hall–Kier alpha value is -2.14. The van der Waals surface area contributed by atoms with E-state index in [1.807, 2.05) is 17.8 Å². The SMILES string of the molecule is C[C@@H](c1ccc(-c2ccnn2C)cc1)N1CCCC1C(N)=O. The number of nitrogens with two attached hydrogens (primary N) is 1. The van der Waals surface area contributed by atoms with Crippen molar-refractivity contribution in [2.45, 2.75) is 31.8 Å². The summed E-state index contributed by atoms with van der Waals surface area (Å²) in [7, 11) is 1.94. The van der Waals surface area contributed by atoms with Crippen LogP contribution in [0.1, 0.15) is 31.4 Å². The fourth-order valence-electron chi connectivity index (χ4n) is 3.34. The number of aryl methyl sites for hydroxylation is 1. The quantitative estimate of drug-likeness (QED) is 0.940. The number of aromatic nitrogens is 2. The van der Waals surface area contributed by atoms with Crippen molar-refractivity contribution in [1.29, 1.82) is 0 Å². The third-order valence-corrected chi connectivity index (χ3v) is 4.63. The molecule has 116 valence electrons. The number of hydrogen-bond donors (Lipinski definition) is 1. The van der Waals surface area contributed by atoms with Crippen LogP contribution in [-0.2, 0) is 11.8 Å². The molecule has 0 saturated carbocycles. The molecule has 2 heterocycles. The highest BCUT2D eigenvalue weighted by molar-refractivity contribution is 5.80. The van der Waals surface area contributed by atoms with E-state index in [1.54, 1.807) is 6.20 Å². The normalized spacial score (nSPS) is 20.2. The van der Waals surface area contributed by atoms with Crippen LogP contribution in [0.4, 0.5) is 0 Å². The molecule has 1 fully saturated rings. The van der Waals surface area contributed by atoms with E-state index in [0.717, 1.165) is 30.6 Å². The van der Waals surface area contributed by atoms with Crippen LogP contribution in [0.3, 0.4) is 0 Å². The molecule has 2 N–H and O–H groups in total. The van der Waals surface area contributed by atoms with Crippen LogP contribution in [0, 0.1) is 0 Å². The van der Waals surface area contributed by atoms with Crippen LogP contribution in [-0.4, -0.2) is 33.2 Å². The van der Waals surface area contributed by atoms with Crippen molar-refractivity contribution in [2.24, 2.45) is 12.8 Å². The van der Waals surface area contributed by atoms with E-state index < -0.39 is 0 Å². The number of benzene rings is 1. The average molecular weight is 298 g/mol. The van der Waals surface area contributed by atoms with Crippen molar-refractivity contribution in [3.05, 3.63) is 42.1 Å². The van der Waals surface area contributed by atoms with Gasteiger partial charge in [-0.1, -0.05) is 24.3 Å². The molecule has 1 aromatic carbocycles. The molecule has 2 aromatic rings. The second kappa shape index (κ2) is 5.93. The number of carbonyl (C=O) groups is 1. The van der Waals surface area contributed by atoms with E-state index in [9.17, 15) is 4.79 Å². The predicted octanol–water partition coefficient (Wildman–Crippen LogP) is 2.10. The molecular weight excluding hydrogens is 276 g/mol. The summed E-state index contributed by atoms with van der Waals surface area (Å²) >= 11 is 0. The highest BCUT2D eigenvalue weighted by Crippen LogP contribution is 2.30. The Bertz CT molecular complexity index is 662. The maximum Gasteiger partial charge on any atom is 0.234 e. The van der Waals surface area contributed by atoms with Gasteiger partial charge in [-0.2, -0.15) is 5.10 Å². The van der Waals surface area contributed by atoms with Crippen molar-refractivity contribution in [3.63, 3.8) is 0 Å². The molecule has 1 unspecified atom stereocenters. The minimum atomic E-state index is -0.212. The molecule has 0 bridgehead atoms. The zero-order valence-electron chi connectivity index (χ0n) is 13.1. The lowest BCUT2D eigenvalue weighted by Crippen LogP contribution is -2.41. The lowest BCUT2D eigenvalue weighted by Gasteiger charge is -2.29. The number of nitrogens with zero attached hydrogens (tertiary/aromatic N) is 3. The molecule has 5 heteroatoms. The van der Waals surface area contributed by atoms with Gasteiger partial charge in [0.2, 0.25) is 5.91 Å². The first kappa shape index (κ1) is 14.8. The zero-order chi connectivity index (χ0) is 15.7. The first-order valence-electron chi connectivity index (χ1n) is 7.71. The van der Waals surface area contributed by atoms with Crippen LogP contribution >= 0.6 is 0 Å². The standard InChI is InChI=1S/C17H22N4O/c1-12(21-11-3-4-16(21)17(18)22)13-5-7-14(8-6-13)15-9-10-19-20(15)2/h5-10,12,16H,3-4,11H2,1-2H3,(H2,18,22)/t12-,16?/m0/s1. The number of likely N-dealkylation sites (tertiary alicyclic amines) is 1. The summed E-state index contributed by atoms with van der Waals surface area (Å²) < 4.78 is 1.86. The van der Waals surface area contributed by atoms with Crippen molar-refractivity contribution in [1.82, 2.24) is 14.7 Å². The minimum absolute atomic E-state index is 0.133. The van der Waals surface area contributed by atoms with Crippen LogP contribution in [0.15, 0.2) is 36.5 Å². The monoisotopic (exact) mass is 298 g/mol. The number of carbonyl (C=O) groups excluding carboxylic acids is 1. The Morgan fingerprint density at radius 1 is 1.32 bits per heavy atom. The highest BCUT2D eigenvalue weighted by atomic mass is 16.1. The van der Waals surface area contributed by atoms with Crippen LogP contribution < -0.4 is 5.73 Å². The van der Waals surface area contributed by atoms with Crippen molar-refractivity contribution >= 4 is 5.91 Å². The molecule has 0 spiro atoms. The van der Waals surface area contributed by atoms with Crippen LogP contribution in [0.25, 0.3) is 11.3 Å². The number of amides is 1. The van der Waals surface area contributed by atoms with Crippen molar-refractivity contribution in [2.75, 3.05) is 6.54 Å². The first-order chi connectivity index (χ1) is 10.6. The predicted molar refractivity (Wildman–Crippen MR) is 86.0 cm³/mol. The summed E-state index contributed by atoms with van der Waals surface area (Å²) in [4.78, 5) is 13.8. The lowest BCUT2D eigenvalue weighted by molar-refractivity contribution is -0.122. The first-order valence-corrected chi connectivity index (χ1v) is 7.71. The Morgan fingerprint density at radius 2 is 2.05 bits per heavy atom. The number of hydrogen-bond acceptors (Lipinski definition) is 3. The van der Waals surface area contributed by atoms with Gasteiger partial charge in [0, 0.05) is 19.3 Å². The van der Waals surface area contributed by atoms with Crippen LogP contribution in [0.5, 0.6) is 0 Å². The van der Waals surface area contributed by atoms with Gasteiger partial charge in [-0.3, -0.25) is 14.4 Å². The summed E-state index contributed by atoms with van der Waals surface area (Å²) in [6.45, 7) is 3.07. The van der Waals surface area contributed by atoms with Gasteiger partial charge in [-0.05, 0) is 43.5 Å². The summed E-state index contributed by atoms with van der Waals surface area (Å²) in [6, 6.07) is 10.5. The Morgan fingerprint density at radius 3 is 2.64 bits per heavy atom. The smallest absolute Gasteiger partial charge is 0.234 e. The molecule has 1 saturated heterocycles. The summed E-state index contributed by atoms with van der Waals surface area (Å²) in [5.41, 5.74) is 8.96. The van der Waals surface area contributed by atoms with E-state index >= 15 is 0 Å². The Kier molecular flexibility index (Phi) is 3.98. The molecule has 0 radical (unpaired) electrons. The summed E-state index contributed by atoms with van der Waals surface area (Å²) in [6.07, 6.45) is 3.70. The molecule has 0 aliphatic carbocycles. The largest absolute Gasteiger partial charge is 0.368 e. The van der Waals surface area contributed by atoms with E-state index in [4.69, 9.17) is 5.73 Å². The van der Waals surface area contributed by atoms with Crippen LogP contribution in [0.2, 0.25) is 0 Å². The van der Waals surface area contributed by atoms with E-state index in [-0.39, 0.29) is 18.0 Å². The van der Waals surface area contributed by atoms with Crippen molar-refractivity contribution in [3.8, 4) is 11.3 Å². The maximum atomic E-state index is 11.6. The minimum Gasteiger partial charge on any atom is -0.368 e. The molecule has 22 heavy (non-hydrogen) atoms.